The highest BCUT2D eigenvalue weighted by atomic mass is 19.3. The fraction of sp³-hybridized carbons (Fsp3) is 0.875. The standard InChI is InChI=1S/C8H16F2N2O2/c1-6(2)14-5-8(9,10)12-7(13)3-4-11/h6H,3-5,11H2,1-2H3,(H,12,13). The van der Waals surface area contributed by atoms with Gasteiger partial charge in [0.25, 0.3) is 0 Å². The molecule has 0 aliphatic carbocycles. The van der Waals surface area contributed by atoms with Crippen molar-refractivity contribution in [3.05, 3.63) is 0 Å². The Hall–Kier alpha value is -0.750. The Morgan fingerprint density at radius 2 is 2.14 bits per heavy atom. The highest BCUT2D eigenvalue weighted by molar-refractivity contribution is 5.76. The van der Waals surface area contributed by atoms with Crippen LogP contribution in [0.2, 0.25) is 0 Å². The van der Waals surface area contributed by atoms with Gasteiger partial charge < -0.3 is 10.5 Å². The van der Waals surface area contributed by atoms with E-state index in [0.29, 0.717) is 0 Å². The molecule has 0 radical (unpaired) electrons. The van der Waals surface area contributed by atoms with E-state index in [1.54, 1.807) is 13.8 Å². The predicted molar refractivity (Wildman–Crippen MR) is 47.8 cm³/mol. The number of carbonyl (C=O) groups excluding carboxylic acids is 1. The van der Waals surface area contributed by atoms with Crippen LogP contribution in [0, 0.1) is 0 Å². The number of alkyl halides is 2. The zero-order valence-electron chi connectivity index (χ0n) is 8.35. The first-order chi connectivity index (χ1) is 6.37. The molecule has 0 bridgehead atoms. The number of nitrogens with two attached hydrogens (primary N) is 1. The molecule has 0 saturated heterocycles. The van der Waals surface area contributed by atoms with E-state index < -0.39 is 18.6 Å². The molecule has 0 atom stereocenters. The van der Waals surface area contributed by atoms with Crippen molar-refractivity contribution in [2.24, 2.45) is 5.73 Å². The molecule has 0 aromatic heterocycles. The van der Waals surface area contributed by atoms with Crippen LogP contribution in [0.4, 0.5) is 8.78 Å². The summed E-state index contributed by atoms with van der Waals surface area (Å²) in [7, 11) is 0. The number of hydrogen-bond acceptors (Lipinski definition) is 3. The van der Waals surface area contributed by atoms with Crippen LogP contribution in [-0.4, -0.2) is 31.2 Å². The Morgan fingerprint density at radius 1 is 1.57 bits per heavy atom. The lowest BCUT2D eigenvalue weighted by Crippen LogP contribution is -2.45. The Morgan fingerprint density at radius 3 is 2.57 bits per heavy atom. The minimum Gasteiger partial charge on any atom is -0.370 e. The van der Waals surface area contributed by atoms with Crippen LogP contribution in [0.25, 0.3) is 0 Å². The Labute approximate surface area is 81.8 Å². The van der Waals surface area contributed by atoms with Crippen LogP contribution in [-0.2, 0) is 9.53 Å². The van der Waals surface area contributed by atoms with E-state index in [2.05, 4.69) is 4.74 Å². The second-order valence-corrected chi connectivity index (χ2v) is 3.15. The quantitative estimate of drug-likeness (QED) is 0.626. The highest BCUT2D eigenvalue weighted by Crippen LogP contribution is 2.10. The lowest BCUT2D eigenvalue weighted by molar-refractivity contribution is -0.145. The third-order valence-electron chi connectivity index (χ3n) is 1.29. The average Bonchev–Trinajstić information content (AvgIpc) is 2.00. The summed E-state index contributed by atoms with van der Waals surface area (Å²) in [6, 6.07) is -3.32. The molecule has 0 aliphatic heterocycles. The monoisotopic (exact) mass is 210 g/mol. The number of amides is 1. The maximum atomic E-state index is 12.9. The Bertz CT molecular complexity index is 186. The molecule has 0 rings (SSSR count). The molecule has 0 aliphatic rings. The largest absolute Gasteiger partial charge is 0.370 e. The normalized spacial score (nSPS) is 11.9. The van der Waals surface area contributed by atoms with Crippen LogP contribution in [0.5, 0.6) is 0 Å². The van der Waals surface area contributed by atoms with Crippen molar-refractivity contribution in [3.8, 4) is 0 Å². The first-order valence-corrected chi connectivity index (χ1v) is 4.38. The highest BCUT2D eigenvalue weighted by Gasteiger charge is 2.31. The van der Waals surface area contributed by atoms with E-state index in [1.165, 1.54) is 5.32 Å². The zero-order chi connectivity index (χ0) is 11.2. The summed E-state index contributed by atoms with van der Waals surface area (Å²) >= 11 is 0. The van der Waals surface area contributed by atoms with Crippen molar-refractivity contribution in [2.75, 3.05) is 13.2 Å². The number of hydrogen-bond donors (Lipinski definition) is 2. The molecule has 0 spiro atoms. The molecule has 0 heterocycles. The second kappa shape index (κ2) is 5.87. The van der Waals surface area contributed by atoms with Crippen LogP contribution < -0.4 is 11.1 Å². The van der Waals surface area contributed by atoms with Gasteiger partial charge in [0.2, 0.25) is 5.91 Å². The fourth-order valence-corrected chi connectivity index (χ4v) is 0.705. The van der Waals surface area contributed by atoms with Gasteiger partial charge >= 0.3 is 6.05 Å². The summed E-state index contributed by atoms with van der Waals surface area (Å²) in [5, 5.41) is 1.54. The maximum absolute atomic E-state index is 12.9. The maximum Gasteiger partial charge on any atom is 0.348 e. The van der Waals surface area contributed by atoms with Gasteiger partial charge in [-0.25, -0.2) is 0 Å². The van der Waals surface area contributed by atoms with Gasteiger partial charge in [-0.15, -0.1) is 0 Å². The molecular formula is C8H16F2N2O2. The van der Waals surface area contributed by atoms with Crippen molar-refractivity contribution in [1.82, 2.24) is 5.32 Å². The smallest absolute Gasteiger partial charge is 0.348 e. The van der Waals surface area contributed by atoms with Crippen molar-refractivity contribution in [3.63, 3.8) is 0 Å². The predicted octanol–water partition coefficient (Wildman–Crippen LogP) is 0.469. The van der Waals surface area contributed by atoms with Gasteiger partial charge in [0.05, 0.1) is 6.10 Å². The van der Waals surface area contributed by atoms with Crippen molar-refractivity contribution in [1.29, 1.82) is 0 Å². The number of rotatable bonds is 6. The number of carbonyl (C=O) groups is 1. The molecule has 3 N–H and O–H groups in total. The molecule has 6 heteroatoms. The average molecular weight is 210 g/mol. The van der Waals surface area contributed by atoms with E-state index in [0.717, 1.165) is 0 Å². The van der Waals surface area contributed by atoms with E-state index in [1.807, 2.05) is 0 Å². The first kappa shape index (κ1) is 13.2. The topological polar surface area (TPSA) is 64.3 Å². The second-order valence-electron chi connectivity index (χ2n) is 3.15. The number of nitrogens with one attached hydrogen (secondary N) is 1. The number of halogens is 2. The van der Waals surface area contributed by atoms with Crippen LogP contribution in [0.15, 0.2) is 0 Å². The lowest BCUT2D eigenvalue weighted by Gasteiger charge is -2.19. The van der Waals surface area contributed by atoms with Crippen LogP contribution in [0.1, 0.15) is 20.3 Å². The minimum atomic E-state index is -3.32. The molecule has 84 valence electrons. The van der Waals surface area contributed by atoms with Crippen molar-refractivity contribution >= 4 is 5.91 Å². The van der Waals surface area contributed by atoms with Gasteiger partial charge in [-0.3, -0.25) is 10.1 Å². The lowest BCUT2D eigenvalue weighted by atomic mass is 10.4. The molecule has 0 fully saturated rings. The van der Waals surface area contributed by atoms with Gasteiger partial charge in [0, 0.05) is 13.0 Å². The van der Waals surface area contributed by atoms with Crippen molar-refractivity contribution in [2.45, 2.75) is 32.4 Å². The van der Waals surface area contributed by atoms with Gasteiger partial charge in [0.1, 0.15) is 6.61 Å². The molecular weight excluding hydrogens is 194 g/mol. The van der Waals surface area contributed by atoms with Gasteiger partial charge in [-0.1, -0.05) is 0 Å². The molecule has 0 unspecified atom stereocenters. The molecule has 0 aromatic rings. The van der Waals surface area contributed by atoms with Crippen LogP contribution >= 0.6 is 0 Å². The minimum absolute atomic E-state index is 0.0486. The summed E-state index contributed by atoms with van der Waals surface area (Å²) in [4.78, 5) is 10.8. The molecule has 4 nitrogen and oxygen atoms in total. The van der Waals surface area contributed by atoms with E-state index in [9.17, 15) is 13.6 Å². The van der Waals surface area contributed by atoms with Gasteiger partial charge in [0.15, 0.2) is 0 Å². The first-order valence-electron chi connectivity index (χ1n) is 4.38. The summed E-state index contributed by atoms with van der Waals surface area (Å²) in [5.41, 5.74) is 5.03. The third kappa shape index (κ3) is 6.73. The van der Waals surface area contributed by atoms with E-state index in [-0.39, 0.29) is 19.1 Å². The summed E-state index contributed by atoms with van der Waals surface area (Å²) in [5.74, 6) is -0.773. The summed E-state index contributed by atoms with van der Waals surface area (Å²) in [6.45, 7) is 2.50. The summed E-state index contributed by atoms with van der Waals surface area (Å²) < 4.78 is 30.4. The van der Waals surface area contributed by atoms with Crippen LogP contribution in [0.3, 0.4) is 0 Å². The number of ether oxygens (including phenoxy) is 1. The molecule has 0 saturated carbocycles. The summed E-state index contributed by atoms with van der Waals surface area (Å²) in [6.07, 6.45) is -0.413. The molecule has 1 amide bonds. The fourth-order valence-electron chi connectivity index (χ4n) is 0.705. The zero-order valence-corrected chi connectivity index (χ0v) is 8.35. The Balaban J connectivity index is 3.87. The third-order valence-corrected chi connectivity index (χ3v) is 1.29. The Kier molecular flexibility index (Phi) is 5.56. The molecule has 14 heavy (non-hydrogen) atoms. The van der Waals surface area contributed by atoms with Gasteiger partial charge in [-0.2, -0.15) is 8.78 Å². The molecule has 0 aromatic carbocycles. The SMILES string of the molecule is CC(C)OCC(F)(F)NC(=O)CCN. The van der Waals surface area contributed by atoms with Gasteiger partial charge in [-0.05, 0) is 13.8 Å². The van der Waals surface area contributed by atoms with Crippen molar-refractivity contribution < 1.29 is 18.3 Å². The van der Waals surface area contributed by atoms with E-state index in [4.69, 9.17) is 5.73 Å². The van der Waals surface area contributed by atoms with E-state index >= 15 is 0 Å².